The van der Waals surface area contributed by atoms with Gasteiger partial charge in [0.2, 0.25) is 0 Å². The van der Waals surface area contributed by atoms with Crippen molar-refractivity contribution >= 4 is 21.8 Å². The summed E-state index contributed by atoms with van der Waals surface area (Å²) in [6.07, 6.45) is -0.614. The van der Waals surface area contributed by atoms with Crippen LogP contribution in [0, 0.1) is 0 Å². The molecule has 0 saturated carbocycles. The topological polar surface area (TPSA) is 86.7 Å². The van der Waals surface area contributed by atoms with E-state index >= 15 is 0 Å². The first-order valence-corrected chi connectivity index (χ1v) is 6.55. The lowest BCUT2D eigenvalue weighted by molar-refractivity contribution is -0.144. The Morgan fingerprint density at radius 1 is 1.19 bits per heavy atom. The van der Waals surface area contributed by atoms with Crippen molar-refractivity contribution < 1.29 is 27.5 Å². The molecule has 0 bridgehead atoms. The molecule has 0 rings (SSSR count). The third-order valence-corrected chi connectivity index (χ3v) is 3.05. The average molecular weight is 252 g/mol. The number of rotatable bonds is 6. The predicted octanol–water partition coefficient (Wildman–Crippen LogP) is -0.0841. The smallest absolute Gasteiger partial charge is 0.321 e. The summed E-state index contributed by atoms with van der Waals surface area (Å²) in [5.41, 5.74) is 0. The Hall–Kier alpha value is -1.11. The quantitative estimate of drug-likeness (QED) is 0.614. The van der Waals surface area contributed by atoms with Crippen LogP contribution in [0.15, 0.2) is 0 Å². The predicted molar refractivity (Wildman–Crippen MR) is 56.5 cm³/mol. The van der Waals surface area contributed by atoms with Gasteiger partial charge in [0, 0.05) is 0 Å². The van der Waals surface area contributed by atoms with Crippen molar-refractivity contribution in [2.75, 3.05) is 18.6 Å². The van der Waals surface area contributed by atoms with Crippen LogP contribution < -0.4 is 0 Å². The molecule has 0 aliphatic rings. The molecule has 16 heavy (non-hydrogen) atoms. The van der Waals surface area contributed by atoms with Crippen molar-refractivity contribution in [3.8, 4) is 0 Å². The summed E-state index contributed by atoms with van der Waals surface area (Å²) in [5.74, 6) is -2.55. The second kappa shape index (κ2) is 6.47. The van der Waals surface area contributed by atoms with E-state index in [1.807, 2.05) is 0 Å². The first kappa shape index (κ1) is 14.9. The van der Waals surface area contributed by atoms with E-state index in [4.69, 9.17) is 0 Å². The number of sulfone groups is 1. The third-order valence-electron chi connectivity index (χ3n) is 1.55. The van der Waals surface area contributed by atoms with E-state index in [0.717, 1.165) is 0 Å². The van der Waals surface area contributed by atoms with Crippen LogP contribution in [0.25, 0.3) is 0 Å². The largest absolute Gasteiger partial charge is 0.469 e. The van der Waals surface area contributed by atoms with Crippen molar-refractivity contribution in [1.29, 1.82) is 0 Å². The zero-order chi connectivity index (χ0) is 12.8. The molecule has 0 N–H and O–H groups in total. The van der Waals surface area contributed by atoms with Crippen LogP contribution in [-0.2, 0) is 28.9 Å². The standard InChI is InChI=1S/C9H16O6S/c1-7(2)15-9(11)6-16(12,13)5-4-8(10)14-3/h7H,4-6H2,1-3H3. The minimum Gasteiger partial charge on any atom is -0.469 e. The van der Waals surface area contributed by atoms with Gasteiger partial charge in [0.25, 0.3) is 0 Å². The average Bonchev–Trinajstić information content (AvgIpc) is 2.11. The highest BCUT2D eigenvalue weighted by Crippen LogP contribution is 1.99. The van der Waals surface area contributed by atoms with Crippen LogP contribution in [0.4, 0.5) is 0 Å². The number of esters is 2. The van der Waals surface area contributed by atoms with Crippen LogP contribution in [-0.4, -0.2) is 45.1 Å². The number of methoxy groups -OCH3 is 1. The highest BCUT2D eigenvalue weighted by molar-refractivity contribution is 7.92. The van der Waals surface area contributed by atoms with E-state index in [-0.39, 0.29) is 12.5 Å². The molecule has 0 radical (unpaired) electrons. The lowest BCUT2D eigenvalue weighted by atomic mass is 10.5. The second-order valence-electron chi connectivity index (χ2n) is 3.46. The van der Waals surface area contributed by atoms with Crippen molar-refractivity contribution in [3.05, 3.63) is 0 Å². The Kier molecular flexibility index (Phi) is 6.02. The monoisotopic (exact) mass is 252 g/mol. The van der Waals surface area contributed by atoms with Crippen molar-refractivity contribution in [1.82, 2.24) is 0 Å². The van der Waals surface area contributed by atoms with Gasteiger partial charge in [-0.25, -0.2) is 8.42 Å². The van der Waals surface area contributed by atoms with E-state index in [2.05, 4.69) is 9.47 Å². The zero-order valence-electron chi connectivity index (χ0n) is 9.56. The maximum atomic E-state index is 11.3. The summed E-state index contributed by atoms with van der Waals surface area (Å²) >= 11 is 0. The van der Waals surface area contributed by atoms with Crippen LogP contribution in [0.3, 0.4) is 0 Å². The summed E-state index contributed by atoms with van der Waals surface area (Å²) in [5, 5.41) is 0. The van der Waals surface area contributed by atoms with Crippen LogP contribution in [0.5, 0.6) is 0 Å². The highest BCUT2D eigenvalue weighted by atomic mass is 32.2. The fraction of sp³-hybridized carbons (Fsp3) is 0.778. The zero-order valence-corrected chi connectivity index (χ0v) is 10.4. The Morgan fingerprint density at radius 2 is 1.75 bits per heavy atom. The summed E-state index contributed by atoms with van der Waals surface area (Å²) in [4.78, 5) is 21.8. The molecule has 0 saturated heterocycles. The minimum atomic E-state index is -3.61. The van der Waals surface area contributed by atoms with Gasteiger partial charge in [0.1, 0.15) is 5.75 Å². The van der Waals surface area contributed by atoms with Gasteiger partial charge in [-0.2, -0.15) is 0 Å². The Labute approximate surface area is 94.8 Å². The molecule has 0 heterocycles. The lowest BCUT2D eigenvalue weighted by Crippen LogP contribution is -2.24. The number of hydrogen-bond acceptors (Lipinski definition) is 6. The highest BCUT2D eigenvalue weighted by Gasteiger charge is 2.20. The summed E-state index contributed by atoms with van der Waals surface area (Å²) in [6.45, 7) is 3.25. The second-order valence-corrected chi connectivity index (χ2v) is 5.64. The molecule has 6 nitrogen and oxygen atoms in total. The Bertz CT molecular complexity index is 343. The van der Waals surface area contributed by atoms with Crippen LogP contribution in [0.1, 0.15) is 20.3 Å². The van der Waals surface area contributed by atoms with Gasteiger partial charge in [0.15, 0.2) is 9.84 Å². The van der Waals surface area contributed by atoms with Crippen LogP contribution >= 0.6 is 0 Å². The van der Waals surface area contributed by atoms with Gasteiger partial charge in [-0.15, -0.1) is 0 Å². The van der Waals surface area contributed by atoms with Gasteiger partial charge >= 0.3 is 11.9 Å². The fourth-order valence-corrected chi connectivity index (χ4v) is 1.94. The van der Waals surface area contributed by atoms with E-state index in [1.54, 1.807) is 13.8 Å². The molecular formula is C9H16O6S. The molecule has 0 aromatic carbocycles. The van der Waals surface area contributed by atoms with E-state index in [9.17, 15) is 18.0 Å². The summed E-state index contributed by atoms with van der Waals surface area (Å²) in [6, 6.07) is 0. The molecule has 0 spiro atoms. The minimum absolute atomic E-state index is 0.256. The number of hydrogen-bond donors (Lipinski definition) is 0. The number of carbonyl (C=O) groups excluding carboxylic acids is 2. The van der Waals surface area contributed by atoms with Crippen molar-refractivity contribution in [2.45, 2.75) is 26.4 Å². The van der Waals surface area contributed by atoms with Gasteiger partial charge in [-0.3, -0.25) is 9.59 Å². The maximum absolute atomic E-state index is 11.3. The molecule has 0 aliphatic heterocycles. The van der Waals surface area contributed by atoms with Gasteiger partial charge in [0.05, 0.1) is 25.4 Å². The Morgan fingerprint density at radius 3 is 2.19 bits per heavy atom. The summed E-state index contributed by atoms with van der Waals surface area (Å²) < 4.78 is 31.6. The fourth-order valence-electron chi connectivity index (χ4n) is 0.890. The molecule has 0 amide bonds. The molecular weight excluding hydrogens is 236 g/mol. The molecule has 0 fully saturated rings. The number of ether oxygens (including phenoxy) is 2. The van der Waals surface area contributed by atoms with Gasteiger partial charge < -0.3 is 9.47 Å². The molecule has 0 aliphatic carbocycles. The van der Waals surface area contributed by atoms with E-state index < -0.39 is 33.3 Å². The lowest BCUT2D eigenvalue weighted by Gasteiger charge is -2.07. The maximum Gasteiger partial charge on any atom is 0.321 e. The molecule has 7 heteroatoms. The molecule has 94 valence electrons. The van der Waals surface area contributed by atoms with Crippen molar-refractivity contribution in [3.63, 3.8) is 0 Å². The normalized spacial score (nSPS) is 11.2. The third kappa shape index (κ3) is 7.22. The first-order valence-electron chi connectivity index (χ1n) is 4.73. The number of carbonyl (C=O) groups is 2. The molecule has 0 aromatic rings. The van der Waals surface area contributed by atoms with E-state index in [0.29, 0.717) is 0 Å². The Balaban J connectivity index is 4.15. The van der Waals surface area contributed by atoms with E-state index in [1.165, 1.54) is 7.11 Å². The molecule has 0 aromatic heterocycles. The summed E-state index contributed by atoms with van der Waals surface area (Å²) in [7, 11) is -2.44. The van der Waals surface area contributed by atoms with Gasteiger partial charge in [-0.05, 0) is 13.8 Å². The molecule has 0 atom stereocenters. The van der Waals surface area contributed by atoms with Crippen molar-refractivity contribution in [2.24, 2.45) is 0 Å². The van der Waals surface area contributed by atoms with Crippen LogP contribution in [0.2, 0.25) is 0 Å². The molecule has 0 unspecified atom stereocenters. The SMILES string of the molecule is COC(=O)CCS(=O)(=O)CC(=O)OC(C)C. The van der Waals surface area contributed by atoms with Gasteiger partial charge in [-0.1, -0.05) is 0 Å². The first-order chi connectivity index (χ1) is 7.26.